The van der Waals surface area contributed by atoms with Gasteiger partial charge in [0.05, 0.1) is 12.7 Å². The smallest absolute Gasteiger partial charge is 0.335 e. The van der Waals surface area contributed by atoms with Crippen LogP contribution in [-0.2, 0) is 10.9 Å². The van der Waals surface area contributed by atoms with Gasteiger partial charge in [-0.2, -0.15) is 0 Å². The van der Waals surface area contributed by atoms with Gasteiger partial charge in [-0.3, -0.25) is 0 Å². The number of thiol groups is 1. The van der Waals surface area contributed by atoms with Gasteiger partial charge in [0.1, 0.15) is 16.4 Å². The lowest BCUT2D eigenvalue weighted by Gasteiger charge is -2.22. The molecule has 1 heterocycles. The molecule has 168 valence electrons. The molecule has 32 heavy (non-hydrogen) atoms. The first kappa shape index (κ1) is 22.3. The standard InChI is InChI=1S/C23H24N2O5S2/c1-30-20-13-18(23(26)27)11-12-19(20)25(32(28)29)21-14-31-22(24-21)17-9-7-16(8-10-17)15-5-3-2-4-6-15/h7-15,32H,2-6H2,1H3,(H,26,27). The van der Waals surface area contributed by atoms with Gasteiger partial charge >= 0.3 is 5.97 Å². The molecule has 1 N–H and O–H groups in total. The first-order valence-electron chi connectivity index (χ1n) is 10.4. The Kier molecular flexibility index (Phi) is 6.76. The summed E-state index contributed by atoms with van der Waals surface area (Å²) in [4.78, 5) is 15.8. The fourth-order valence-electron chi connectivity index (χ4n) is 4.11. The van der Waals surface area contributed by atoms with E-state index in [0.29, 0.717) is 10.9 Å². The third-order valence-electron chi connectivity index (χ3n) is 5.76. The molecule has 1 aliphatic rings. The Morgan fingerprint density at radius 2 is 1.84 bits per heavy atom. The van der Waals surface area contributed by atoms with Gasteiger partial charge in [0.15, 0.2) is 5.82 Å². The number of aromatic carboxylic acids is 1. The summed E-state index contributed by atoms with van der Waals surface area (Å²) in [5.74, 6) is -0.138. The lowest BCUT2D eigenvalue weighted by Crippen LogP contribution is -2.16. The molecule has 9 heteroatoms. The monoisotopic (exact) mass is 472 g/mol. The summed E-state index contributed by atoms with van der Waals surface area (Å²) in [6.07, 6.45) is 6.34. The van der Waals surface area contributed by atoms with Crippen LogP contribution in [0.4, 0.5) is 11.5 Å². The number of thiazole rings is 1. The molecule has 1 aromatic heterocycles. The highest BCUT2D eigenvalue weighted by Gasteiger charge is 2.22. The van der Waals surface area contributed by atoms with Crippen molar-refractivity contribution in [1.29, 1.82) is 0 Å². The van der Waals surface area contributed by atoms with Crippen LogP contribution in [0.15, 0.2) is 47.8 Å². The van der Waals surface area contributed by atoms with Crippen LogP contribution in [0.1, 0.15) is 53.9 Å². The maximum absolute atomic E-state index is 12.1. The van der Waals surface area contributed by atoms with E-state index in [1.165, 1.54) is 74.3 Å². The summed E-state index contributed by atoms with van der Waals surface area (Å²) in [7, 11) is -1.72. The lowest BCUT2D eigenvalue weighted by molar-refractivity contribution is 0.0696. The average Bonchev–Trinajstić information content (AvgIpc) is 3.29. The largest absolute Gasteiger partial charge is 0.495 e. The quantitative estimate of drug-likeness (QED) is 0.457. The Bertz CT molecular complexity index is 1170. The summed E-state index contributed by atoms with van der Waals surface area (Å²) in [6, 6.07) is 12.4. The van der Waals surface area contributed by atoms with E-state index >= 15 is 0 Å². The van der Waals surface area contributed by atoms with Gasteiger partial charge in [-0.05, 0) is 42.5 Å². The molecule has 0 radical (unpaired) electrons. The van der Waals surface area contributed by atoms with Crippen LogP contribution in [0.2, 0.25) is 0 Å². The summed E-state index contributed by atoms with van der Waals surface area (Å²) in [5.41, 5.74) is 2.48. The molecular formula is C23H24N2O5S2. The molecule has 2 aromatic carbocycles. The molecular weight excluding hydrogens is 448 g/mol. The number of hydrogen-bond acceptors (Lipinski definition) is 6. The molecule has 0 atom stereocenters. The van der Waals surface area contributed by atoms with Crippen molar-refractivity contribution in [1.82, 2.24) is 4.98 Å². The molecule has 7 nitrogen and oxygen atoms in total. The van der Waals surface area contributed by atoms with E-state index in [0.717, 1.165) is 9.87 Å². The minimum atomic E-state index is -3.08. The number of benzene rings is 2. The van der Waals surface area contributed by atoms with Crippen molar-refractivity contribution in [3.8, 4) is 16.3 Å². The molecule has 0 aliphatic heterocycles. The molecule has 1 fully saturated rings. The second-order valence-corrected chi connectivity index (χ2v) is 9.44. The maximum Gasteiger partial charge on any atom is 0.335 e. The van der Waals surface area contributed by atoms with Gasteiger partial charge in [-0.15, -0.1) is 11.3 Å². The number of methoxy groups -OCH3 is 1. The van der Waals surface area contributed by atoms with Crippen molar-refractivity contribution in [3.63, 3.8) is 0 Å². The Hall–Kier alpha value is -2.91. The molecule has 0 amide bonds. The molecule has 0 saturated heterocycles. The zero-order chi connectivity index (χ0) is 22.7. The maximum atomic E-state index is 12.1. The van der Waals surface area contributed by atoms with E-state index in [1.54, 1.807) is 5.38 Å². The number of carbonyl (C=O) groups is 1. The Morgan fingerprint density at radius 1 is 1.12 bits per heavy atom. The topological polar surface area (TPSA) is 96.8 Å². The normalized spacial score (nSPS) is 14.4. The minimum absolute atomic E-state index is 0.00342. The highest BCUT2D eigenvalue weighted by atomic mass is 32.2. The Balaban J connectivity index is 1.63. The molecule has 0 unspecified atom stereocenters. The zero-order valence-electron chi connectivity index (χ0n) is 17.6. The summed E-state index contributed by atoms with van der Waals surface area (Å²) < 4.78 is 30.5. The molecule has 1 saturated carbocycles. The number of carboxylic acids is 1. The second-order valence-electron chi connectivity index (χ2n) is 7.71. The van der Waals surface area contributed by atoms with Gasteiger partial charge < -0.3 is 9.84 Å². The van der Waals surface area contributed by atoms with Crippen LogP contribution in [0.3, 0.4) is 0 Å². The number of ether oxygens (including phenoxy) is 1. The highest BCUT2D eigenvalue weighted by Crippen LogP contribution is 2.38. The summed E-state index contributed by atoms with van der Waals surface area (Å²) in [6.45, 7) is 0. The van der Waals surface area contributed by atoms with Crippen LogP contribution in [0, 0.1) is 0 Å². The van der Waals surface area contributed by atoms with E-state index in [1.807, 2.05) is 12.1 Å². The van der Waals surface area contributed by atoms with Crippen molar-refractivity contribution in [2.45, 2.75) is 38.0 Å². The van der Waals surface area contributed by atoms with Crippen LogP contribution >= 0.6 is 11.3 Å². The van der Waals surface area contributed by atoms with Crippen LogP contribution < -0.4 is 9.04 Å². The van der Waals surface area contributed by atoms with Crippen molar-refractivity contribution in [3.05, 3.63) is 59.0 Å². The van der Waals surface area contributed by atoms with E-state index in [9.17, 15) is 18.3 Å². The van der Waals surface area contributed by atoms with E-state index in [2.05, 4.69) is 17.1 Å². The minimum Gasteiger partial charge on any atom is -0.495 e. The lowest BCUT2D eigenvalue weighted by atomic mass is 9.84. The SMILES string of the molecule is COc1cc(C(=O)O)ccc1N(c1csc(-c2ccc(C3CCCCC3)cc2)n1)[SH](=O)=O. The van der Waals surface area contributed by atoms with Gasteiger partial charge in [-0.1, -0.05) is 43.5 Å². The van der Waals surface area contributed by atoms with Crippen molar-refractivity contribution in [2.75, 3.05) is 11.4 Å². The number of aromatic nitrogens is 1. The Morgan fingerprint density at radius 3 is 2.47 bits per heavy atom. The van der Waals surface area contributed by atoms with E-state index in [-0.39, 0.29) is 22.8 Å². The van der Waals surface area contributed by atoms with Crippen LogP contribution in [0.5, 0.6) is 5.75 Å². The van der Waals surface area contributed by atoms with Gasteiger partial charge in [0.2, 0.25) is 10.9 Å². The van der Waals surface area contributed by atoms with Crippen molar-refractivity contribution >= 4 is 39.7 Å². The molecule has 1 aliphatic carbocycles. The fraction of sp³-hybridized carbons (Fsp3) is 0.304. The van der Waals surface area contributed by atoms with E-state index in [4.69, 9.17) is 4.74 Å². The summed E-state index contributed by atoms with van der Waals surface area (Å²) in [5, 5.41) is 11.6. The summed E-state index contributed by atoms with van der Waals surface area (Å²) >= 11 is 1.35. The highest BCUT2D eigenvalue weighted by molar-refractivity contribution is 7.74. The van der Waals surface area contributed by atoms with Gasteiger partial charge in [0, 0.05) is 10.9 Å². The number of hydrogen-bond donors (Lipinski definition) is 2. The van der Waals surface area contributed by atoms with Gasteiger partial charge in [0.25, 0.3) is 0 Å². The van der Waals surface area contributed by atoms with Crippen molar-refractivity contribution < 1.29 is 23.1 Å². The van der Waals surface area contributed by atoms with Crippen LogP contribution in [0.25, 0.3) is 10.6 Å². The number of nitrogens with zero attached hydrogens (tertiary/aromatic N) is 2. The predicted molar refractivity (Wildman–Crippen MR) is 126 cm³/mol. The average molecular weight is 473 g/mol. The number of anilines is 2. The molecule has 3 aromatic rings. The third-order valence-corrected chi connectivity index (χ3v) is 7.39. The molecule has 0 spiro atoms. The third kappa shape index (κ3) is 4.63. The predicted octanol–water partition coefficient (Wildman–Crippen LogP) is 5.23. The molecule has 4 rings (SSSR count). The number of rotatable bonds is 7. The number of carboxylic acid groups (broad SMARTS) is 1. The van der Waals surface area contributed by atoms with Gasteiger partial charge in [-0.25, -0.2) is 22.5 Å². The first-order chi connectivity index (χ1) is 15.5. The molecule has 0 bridgehead atoms. The first-order valence-corrected chi connectivity index (χ1v) is 12.4. The zero-order valence-corrected chi connectivity index (χ0v) is 19.3. The second kappa shape index (κ2) is 9.70. The Labute approximate surface area is 192 Å². The van der Waals surface area contributed by atoms with Crippen molar-refractivity contribution in [2.24, 2.45) is 0 Å². The fourth-order valence-corrected chi connectivity index (χ4v) is 5.59. The van der Waals surface area contributed by atoms with Crippen LogP contribution in [-0.4, -0.2) is 31.6 Å². The van der Waals surface area contributed by atoms with E-state index < -0.39 is 16.9 Å².